The highest BCUT2D eigenvalue weighted by Gasteiger charge is 2.42. The smallest absolute Gasteiger partial charge is 0.329 e. The lowest BCUT2D eigenvalue weighted by Gasteiger charge is -2.47. The van der Waals surface area contributed by atoms with E-state index in [2.05, 4.69) is 0 Å². The molecule has 0 spiro atoms. The third kappa shape index (κ3) is 3.71. The molecule has 0 aromatic heterocycles. The Balaban J connectivity index is 1.91. The van der Waals surface area contributed by atoms with Gasteiger partial charge in [0, 0.05) is 10.6 Å². The van der Waals surface area contributed by atoms with Gasteiger partial charge in [0.25, 0.3) is 0 Å². The third-order valence-corrected chi connectivity index (χ3v) is 3.69. The van der Waals surface area contributed by atoms with Crippen LogP contribution in [0.3, 0.4) is 0 Å². The first-order chi connectivity index (χ1) is 9.81. The van der Waals surface area contributed by atoms with Crippen molar-refractivity contribution in [2.45, 2.75) is 18.9 Å². The largest absolute Gasteiger partial charge is 0.480 e. The number of rotatable bonds is 5. The van der Waals surface area contributed by atoms with E-state index in [1.54, 1.807) is 6.92 Å². The van der Waals surface area contributed by atoms with Crippen molar-refractivity contribution in [3.8, 4) is 0 Å². The van der Waals surface area contributed by atoms with Gasteiger partial charge in [0.05, 0.1) is 19.5 Å². The van der Waals surface area contributed by atoms with Crippen LogP contribution in [0.4, 0.5) is 4.39 Å². The standard InChI is InChI=1S/C14H15ClFNO4/c1-14(21-6-13(19)20)7-17(8-14)12(18)5-9-10(15)3-2-4-11(9)16/h2-4H,5-8H2,1H3,(H,19,20). The van der Waals surface area contributed by atoms with Gasteiger partial charge in [-0.15, -0.1) is 0 Å². The van der Waals surface area contributed by atoms with Crippen molar-refractivity contribution in [2.24, 2.45) is 0 Å². The average Bonchev–Trinajstić information content (AvgIpc) is 2.37. The van der Waals surface area contributed by atoms with Crippen molar-refractivity contribution in [1.82, 2.24) is 4.90 Å². The molecule has 0 aliphatic carbocycles. The molecule has 1 aromatic rings. The fraction of sp³-hybridized carbons (Fsp3) is 0.429. The summed E-state index contributed by atoms with van der Waals surface area (Å²) in [5.41, 5.74) is -0.489. The van der Waals surface area contributed by atoms with Crippen molar-refractivity contribution in [3.63, 3.8) is 0 Å². The summed E-state index contributed by atoms with van der Waals surface area (Å²) in [5.74, 6) is -1.83. The molecule has 1 heterocycles. The van der Waals surface area contributed by atoms with Crippen molar-refractivity contribution < 1.29 is 23.8 Å². The summed E-state index contributed by atoms with van der Waals surface area (Å²) in [6, 6.07) is 4.26. The maximum Gasteiger partial charge on any atom is 0.329 e. The van der Waals surface area contributed by atoms with E-state index in [1.807, 2.05) is 0 Å². The molecule has 114 valence electrons. The van der Waals surface area contributed by atoms with Crippen LogP contribution in [0, 0.1) is 5.82 Å². The molecule has 0 atom stereocenters. The number of aliphatic carboxylic acids is 1. The van der Waals surface area contributed by atoms with Crippen LogP contribution in [-0.4, -0.2) is 47.2 Å². The number of nitrogens with zero attached hydrogens (tertiary/aromatic N) is 1. The Kier molecular flexibility index (Phi) is 4.49. The molecule has 21 heavy (non-hydrogen) atoms. The van der Waals surface area contributed by atoms with Crippen molar-refractivity contribution in [1.29, 1.82) is 0 Å². The fourth-order valence-electron chi connectivity index (χ4n) is 2.23. The number of amides is 1. The summed E-state index contributed by atoms with van der Waals surface area (Å²) >= 11 is 5.88. The fourth-order valence-corrected chi connectivity index (χ4v) is 2.46. The highest BCUT2D eigenvalue weighted by molar-refractivity contribution is 6.31. The highest BCUT2D eigenvalue weighted by Crippen LogP contribution is 2.27. The molecule has 1 saturated heterocycles. The van der Waals surface area contributed by atoms with Gasteiger partial charge in [-0.25, -0.2) is 9.18 Å². The predicted molar refractivity (Wildman–Crippen MR) is 73.7 cm³/mol. The van der Waals surface area contributed by atoms with Crippen LogP contribution < -0.4 is 0 Å². The van der Waals surface area contributed by atoms with Gasteiger partial charge in [0.15, 0.2) is 0 Å². The number of hydrogen-bond donors (Lipinski definition) is 1. The van der Waals surface area contributed by atoms with Crippen LogP contribution in [0.5, 0.6) is 0 Å². The van der Waals surface area contributed by atoms with Crippen LogP contribution in [0.15, 0.2) is 18.2 Å². The monoisotopic (exact) mass is 315 g/mol. The van der Waals surface area contributed by atoms with E-state index in [4.69, 9.17) is 21.4 Å². The van der Waals surface area contributed by atoms with E-state index >= 15 is 0 Å². The summed E-state index contributed by atoms with van der Waals surface area (Å²) in [7, 11) is 0. The molecule has 1 aromatic carbocycles. The molecule has 0 saturated carbocycles. The number of carbonyl (C=O) groups is 2. The van der Waals surface area contributed by atoms with Crippen LogP contribution in [-0.2, 0) is 20.7 Å². The van der Waals surface area contributed by atoms with E-state index in [0.29, 0.717) is 0 Å². The molecule has 5 nitrogen and oxygen atoms in total. The van der Waals surface area contributed by atoms with E-state index in [9.17, 15) is 14.0 Å². The minimum atomic E-state index is -1.06. The second-order valence-electron chi connectivity index (χ2n) is 5.26. The lowest BCUT2D eigenvalue weighted by Crippen LogP contribution is -2.63. The lowest BCUT2D eigenvalue weighted by atomic mass is 9.95. The van der Waals surface area contributed by atoms with Gasteiger partial charge in [-0.2, -0.15) is 0 Å². The Morgan fingerprint density at radius 2 is 2.14 bits per heavy atom. The predicted octanol–water partition coefficient (Wildman–Crippen LogP) is 1.72. The first-order valence-electron chi connectivity index (χ1n) is 6.37. The van der Waals surface area contributed by atoms with E-state index in [0.717, 1.165) is 0 Å². The maximum atomic E-state index is 13.6. The zero-order chi connectivity index (χ0) is 15.6. The number of hydrogen-bond acceptors (Lipinski definition) is 3. The Hall–Kier alpha value is -1.66. The average molecular weight is 316 g/mol. The molecule has 2 rings (SSSR count). The molecule has 7 heteroatoms. The number of likely N-dealkylation sites (tertiary alicyclic amines) is 1. The Morgan fingerprint density at radius 3 is 2.71 bits per heavy atom. The molecule has 0 radical (unpaired) electrons. The van der Waals surface area contributed by atoms with E-state index in [-0.39, 0.29) is 36.0 Å². The molecular weight excluding hydrogens is 301 g/mol. The summed E-state index contributed by atoms with van der Waals surface area (Å²) in [6.07, 6.45) is -0.124. The van der Waals surface area contributed by atoms with Gasteiger partial charge in [-0.1, -0.05) is 17.7 Å². The lowest BCUT2D eigenvalue weighted by molar-refractivity contribution is -0.172. The second-order valence-corrected chi connectivity index (χ2v) is 5.67. The summed E-state index contributed by atoms with van der Waals surface area (Å²) in [5, 5.41) is 8.78. The van der Waals surface area contributed by atoms with Gasteiger partial charge in [0.2, 0.25) is 5.91 Å². The molecule has 1 aliphatic rings. The normalized spacial score (nSPS) is 16.4. The number of benzene rings is 1. The quantitative estimate of drug-likeness (QED) is 0.898. The number of ether oxygens (including phenoxy) is 1. The molecule has 1 N–H and O–H groups in total. The van der Waals surface area contributed by atoms with Crippen LogP contribution in [0.2, 0.25) is 5.02 Å². The number of carbonyl (C=O) groups excluding carboxylic acids is 1. The van der Waals surface area contributed by atoms with Crippen LogP contribution in [0.25, 0.3) is 0 Å². The first kappa shape index (κ1) is 15.7. The third-order valence-electron chi connectivity index (χ3n) is 3.34. The van der Waals surface area contributed by atoms with Gasteiger partial charge in [0.1, 0.15) is 18.0 Å². The van der Waals surface area contributed by atoms with Crippen LogP contribution >= 0.6 is 11.6 Å². The Bertz CT molecular complexity index is 552. The topological polar surface area (TPSA) is 66.8 Å². The molecule has 1 amide bonds. The number of carboxylic acids is 1. The SMILES string of the molecule is CC1(OCC(=O)O)CN(C(=O)Cc2c(F)cccc2Cl)C1. The summed E-state index contributed by atoms with van der Waals surface area (Å²) < 4.78 is 18.8. The molecule has 1 fully saturated rings. The number of carboxylic acid groups (broad SMARTS) is 1. The summed E-state index contributed by atoms with van der Waals surface area (Å²) in [4.78, 5) is 24.0. The molecule has 0 bridgehead atoms. The van der Waals surface area contributed by atoms with E-state index in [1.165, 1.54) is 23.1 Å². The van der Waals surface area contributed by atoms with Gasteiger partial charge in [-0.3, -0.25) is 4.79 Å². The zero-order valence-electron chi connectivity index (χ0n) is 11.4. The minimum Gasteiger partial charge on any atom is -0.480 e. The number of halogens is 2. The van der Waals surface area contributed by atoms with E-state index < -0.39 is 24.0 Å². The van der Waals surface area contributed by atoms with Gasteiger partial charge >= 0.3 is 5.97 Å². The Morgan fingerprint density at radius 1 is 1.48 bits per heavy atom. The summed E-state index contributed by atoms with van der Waals surface area (Å²) in [6.45, 7) is 1.89. The first-order valence-corrected chi connectivity index (χ1v) is 6.75. The Labute approximate surface area is 126 Å². The van der Waals surface area contributed by atoms with Crippen molar-refractivity contribution >= 4 is 23.5 Å². The van der Waals surface area contributed by atoms with Gasteiger partial charge < -0.3 is 14.7 Å². The minimum absolute atomic E-state index is 0.124. The van der Waals surface area contributed by atoms with Crippen LogP contribution in [0.1, 0.15) is 12.5 Å². The second kappa shape index (κ2) is 5.99. The maximum absolute atomic E-state index is 13.6. The van der Waals surface area contributed by atoms with Gasteiger partial charge in [-0.05, 0) is 19.1 Å². The molecule has 0 unspecified atom stereocenters. The zero-order valence-corrected chi connectivity index (χ0v) is 12.2. The molecule has 1 aliphatic heterocycles. The molecular formula is C14H15ClFNO4. The highest BCUT2D eigenvalue weighted by atomic mass is 35.5. The van der Waals surface area contributed by atoms with Crippen molar-refractivity contribution in [2.75, 3.05) is 19.7 Å². The van der Waals surface area contributed by atoms with Crippen molar-refractivity contribution in [3.05, 3.63) is 34.6 Å².